The Hall–Kier alpha value is -1.31. The van der Waals surface area contributed by atoms with Gasteiger partial charge in [-0.25, -0.2) is 0 Å². The molecule has 0 unspecified atom stereocenters. The third-order valence-electron chi connectivity index (χ3n) is 3.66. The number of carbonyl (C=O) groups is 1. The summed E-state index contributed by atoms with van der Waals surface area (Å²) in [6, 6.07) is 0. The zero-order valence-electron chi connectivity index (χ0n) is 12.9. The highest BCUT2D eigenvalue weighted by Crippen LogP contribution is 2.25. The normalized spacial score (nSPS) is 26.8. The smallest absolute Gasteiger partial charge is 0.303 e. The number of ether oxygens (including phenoxy) is 1. The molecule has 106 valence electrons. The van der Waals surface area contributed by atoms with E-state index >= 15 is 0 Å². The lowest BCUT2D eigenvalue weighted by Gasteiger charge is -2.21. The van der Waals surface area contributed by atoms with Crippen LogP contribution >= 0.6 is 0 Å². The van der Waals surface area contributed by atoms with Gasteiger partial charge in [-0.1, -0.05) is 28.9 Å². The molecule has 0 bridgehead atoms. The maximum absolute atomic E-state index is 11.3. The fourth-order valence-electron chi connectivity index (χ4n) is 2.27. The zero-order chi connectivity index (χ0) is 14.4. The SMILES string of the molecule is CC(=O)O[C@@H]1CC(=C(C)C)C/C=C(\C)CC/C=C/1C. The first kappa shape index (κ1) is 15.7. The minimum atomic E-state index is -0.199. The van der Waals surface area contributed by atoms with E-state index in [0.29, 0.717) is 0 Å². The van der Waals surface area contributed by atoms with Gasteiger partial charge in [-0.05, 0) is 52.5 Å². The lowest BCUT2D eigenvalue weighted by atomic mass is 9.93. The van der Waals surface area contributed by atoms with Gasteiger partial charge in [0, 0.05) is 13.3 Å². The van der Waals surface area contributed by atoms with Crippen molar-refractivity contribution in [1.29, 1.82) is 0 Å². The van der Waals surface area contributed by atoms with Crippen LogP contribution in [-0.2, 0) is 9.53 Å². The molecule has 0 N–H and O–H groups in total. The van der Waals surface area contributed by atoms with Crippen LogP contribution in [0.1, 0.15) is 60.3 Å². The maximum atomic E-state index is 11.3. The summed E-state index contributed by atoms with van der Waals surface area (Å²) in [4.78, 5) is 11.3. The quantitative estimate of drug-likeness (QED) is 0.505. The average Bonchev–Trinajstić information content (AvgIpc) is 2.31. The summed E-state index contributed by atoms with van der Waals surface area (Å²) in [5, 5.41) is 0. The van der Waals surface area contributed by atoms with E-state index in [1.165, 1.54) is 29.2 Å². The molecule has 0 aromatic carbocycles. The second-order valence-electron chi connectivity index (χ2n) is 5.65. The monoisotopic (exact) mass is 262 g/mol. The second-order valence-corrected chi connectivity index (χ2v) is 5.65. The molecular formula is C17H26O2. The number of rotatable bonds is 1. The van der Waals surface area contributed by atoms with Gasteiger partial charge in [0.1, 0.15) is 6.10 Å². The van der Waals surface area contributed by atoms with Gasteiger partial charge in [0.2, 0.25) is 0 Å². The minimum absolute atomic E-state index is 0.103. The predicted molar refractivity (Wildman–Crippen MR) is 79.9 cm³/mol. The van der Waals surface area contributed by atoms with Crippen molar-refractivity contribution in [3.63, 3.8) is 0 Å². The van der Waals surface area contributed by atoms with Gasteiger partial charge in [0.25, 0.3) is 0 Å². The Kier molecular flexibility index (Phi) is 6.07. The highest BCUT2D eigenvalue weighted by atomic mass is 16.5. The number of hydrogen-bond donors (Lipinski definition) is 0. The molecule has 0 heterocycles. The van der Waals surface area contributed by atoms with E-state index in [1.54, 1.807) is 0 Å². The van der Waals surface area contributed by atoms with Crippen LogP contribution in [0.25, 0.3) is 0 Å². The molecular weight excluding hydrogens is 236 g/mol. The molecule has 0 aromatic heterocycles. The van der Waals surface area contributed by atoms with Gasteiger partial charge in [-0.3, -0.25) is 4.79 Å². The van der Waals surface area contributed by atoms with E-state index in [1.807, 2.05) is 0 Å². The molecule has 2 heteroatoms. The van der Waals surface area contributed by atoms with Gasteiger partial charge in [0.05, 0.1) is 0 Å². The molecule has 0 saturated carbocycles. The van der Waals surface area contributed by atoms with Crippen molar-refractivity contribution in [2.24, 2.45) is 0 Å². The van der Waals surface area contributed by atoms with Crippen LogP contribution in [0.15, 0.2) is 34.4 Å². The van der Waals surface area contributed by atoms with Crippen LogP contribution in [0.4, 0.5) is 0 Å². The molecule has 0 spiro atoms. The van der Waals surface area contributed by atoms with Crippen molar-refractivity contribution in [1.82, 2.24) is 0 Å². The Morgan fingerprint density at radius 3 is 2.47 bits per heavy atom. The third kappa shape index (κ3) is 5.46. The first-order chi connectivity index (χ1) is 8.90. The topological polar surface area (TPSA) is 26.3 Å². The summed E-state index contributed by atoms with van der Waals surface area (Å²) in [6.45, 7) is 10.0. The summed E-state index contributed by atoms with van der Waals surface area (Å²) >= 11 is 0. The summed E-state index contributed by atoms with van der Waals surface area (Å²) in [5.74, 6) is -0.199. The molecule has 1 aliphatic carbocycles. The molecule has 0 radical (unpaired) electrons. The Labute approximate surface area is 117 Å². The molecule has 0 aliphatic heterocycles. The summed E-state index contributed by atoms with van der Waals surface area (Å²) < 4.78 is 5.48. The second kappa shape index (κ2) is 7.32. The number of hydrogen-bond acceptors (Lipinski definition) is 2. The maximum Gasteiger partial charge on any atom is 0.303 e. The molecule has 1 rings (SSSR count). The number of allylic oxidation sites excluding steroid dienone is 4. The molecule has 1 atom stereocenters. The molecule has 1 aliphatic rings. The lowest BCUT2D eigenvalue weighted by molar-refractivity contribution is -0.144. The van der Waals surface area contributed by atoms with Gasteiger partial charge >= 0.3 is 5.97 Å². The minimum Gasteiger partial charge on any atom is -0.458 e. The first-order valence-electron chi connectivity index (χ1n) is 7.05. The molecule has 0 fully saturated rings. The molecule has 19 heavy (non-hydrogen) atoms. The number of esters is 1. The zero-order valence-corrected chi connectivity index (χ0v) is 12.9. The Balaban J connectivity index is 3.01. The van der Waals surface area contributed by atoms with Crippen molar-refractivity contribution < 1.29 is 9.53 Å². The van der Waals surface area contributed by atoms with Crippen LogP contribution in [0.5, 0.6) is 0 Å². The standard InChI is InChI=1S/C17H26O2/c1-12(2)16-10-9-13(3)7-6-8-14(4)17(11-16)19-15(5)18/h8-9,17H,6-7,10-11H2,1-5H3/b13-9+,14-8+/t17-/m1/s1. The molecule has 2 nitrogen and oxygen atoms in total. The van der Waals surface area contributed by atoms with Gasteiger partial charge in [0.15, 0.2) is 0 Å². The van der Waals surface area contributed by atoms with E-state index in [4.69, 9.17) is 4.74 Å². The summed E-state index contributed by atoms with van der Waals surface area (Å²) in [6.07, 6.45) is 8.30. The van der Waals surface area contributed by atoms with Gasteiger partial charge < -0.3 is 4.74 Å². The van der Waals surface area contributed by atoms with Crippen LogP contribution < -0.4 is 0 Å². The van der Waals surface area contributed by atoms with Crippen molar-refractivity contribution in [3.8, 4) is 0 Å². The number of carbonyl (C=O) groups excluding carboxylic acids is 1. The highest BCUT2D eigenvalue weighted by molar-refractivity contribution is 5.66. The van der Waals surface area contributed by atoms with E-state index < -0.39 is 0 Å². The third-order valence-corrected chi connectivity index (χ3v) is 3.66. The first-order valence-corrected chi connectivity index (χ1v) is 7.05. The highest BCUT2D eigenvalue weighted by Gasteiger charge is 2.17. The predicted octanol–water partition coefficient (Wildman–Crippen LogP) is 4.72. The van der Waals surface area contributed by atoms with Gasteiger partial charge in [-0.15, -0.1) is 0 Å². The average molecular weight is 262 g/mol. The fourth-order valence-corrected chi connectivity index (χ4v) is 2.27. The fraction of sp³-hybridized carbons (Fsp3) is 0.588. The Morgan fingerprint density at radius 2 is 1.89 bits per heavy atom. The van der Waals surface area contributed by atoms with Crippen molar-refractivity contribution in [3.05, 3.63) is 34.4 Å². The summed E-state index contributed by atoms with van der Waals surface area (Å²) in [5.41, 5.74) is 5.31. The molecule has 0 saturated heterocycles. The van der Waals surface area contributed by atoms with Crippen LogP contribution in [0, 0.1) is 0 Å². The lowest BCUT2D eigenvalue weighted by Crippen LogP contribution is -2.19. The molecule has 0 aromatic rings. The van der Waals surface area contributed by atoms with Crippen LogP contribution in [-0.4, -0.2) is 12.1 Å². The van der Waals surface area contributed by atoms with Crippen LogP contribution in [0.2, 0.25) is 0 Å². The Morgan fingerprint density at radius 1 is 1.21 bits per heavy atom. The van der Waals surface area contributed by atoms with Crippen LogP contribution in [0.3, 0.4) is 0 Å². The Bertz CT molecular complexity index is 421. The van der Waals surface area contributed by atoms with E-state index in [9.17, 15) is 4.79 Å². The van der Waals surface area contributed by atoms with Crippen molar-refractivity contribution in [2.45, 2.75) is 66.4 Å². The van der Waals surface area contributed by atoms with E-state index in [-0.39, 0.29) is 12.1 Å². The van der Waals surface area contributed by atoms with E-state index in [0.717, 1.165) is 25.7 Å². The van der Waals surface area contributed by atoms with Gasteiger partial charge in [-0.2, -0.15) is 0 Å². The van der Waals surface area contributed by atoms with E-state index in [2.05, 4.69) is 39.8 Å². The van der Waals surface area contributed by atoms with Crippen molar-refractivity contribution in [2.75, 3.05) is 0 Å². The largest absolute Gasteiger partial charge is 0.458 e. The van der Waals surface area contributed by atoms with Crippen molar-refractivity contribution >= 4 is 5.97 Å². The molecule has 0 amide bonds. The summed E-state index contributed by atoms with van der Waals surface area (Å²) in [7, 11) is 0.